The van der Waals surface area contributed by atoms with Crippen LogP contribution in [0.15, 0.2) is 0 Å². The molecule has 0 radical (unpaired) electrons. The Labute approximate surface area is 98.9 Å². The van der Waals surface area contributed by atoms with Gasteiger partial charge in [0.2, 0.25) is 0 Å². The standard InChI is InChI=1S/C13H25NO2/c1-2-4-12(3-1)9-14-6-8-16-11-13-5-7-15-10-13/h12-14H,1-11H2. The normalized spacial score (nSPS) is 26.6. The van der Waals surface area contributed by atoms with E-state index < -0.39 is 0 Å². The van der Waals surface area contributed by atoms with E-state index >= 15 is 0 Å². The summed E-state index contributed by atoms with van der Waals surface area (Å²) in [6, 6.07) is 0. The molecule has 0 amide bonds. The predicted octanol–water partition coefficient (Wildman–Crippen LogP) is 1.82. The fourth-order valence-electron chi connectivity index (χ4n) is 2.63. The van der Waals surface area contributed by atoms with E-state index in [1.54, 1.807) is 0 Å². The molecular formula is C13H25NO2. The lowest BCUT2D eigenvalue weighted by atomic mass is 10.1. The molecule has 1 atom stereocenters. The minimum absolute atomic E-state index is 0.648. The summed E-state index contributed by atoms with van der Waals surface area (Å²) in [6.45, 7) is 5.75. The van der Waals surface area contributed by atoms with Gasteiger partial charge < -0.3 is 14.8 Å². The first-order valence-corrected chi connectivity index (χ1v) is 6.81. The van der Waals surface area contributed by atoms with Crippen LogP contribution in [0.1, 0.15) is 32.1 Å². The maximum Gasteiger partial charge on any atom is 0.0591 e. The van der Waals surface area contributed by atoms with Gasteiger partial charge in [-0.1, -0.05) is 12.8 Å². The highest BCUT2D eigenvalue weighted by Crippen LogP contribution is 2.23. The van der Waals surface area contributed by atoms with Crippen LogP contribution in [-0.2, 0) is 9.47 Å². The maximum atomic E-state index is 5.64. The topological polar surface area (TPSA) is 30.5 Å². The van der Waals surface area contributed by atoms with Crippen molar-refractivity contribution >= 4 is 0 Å². The highest BCUT2D eigenvalue weighted by atomic mass is 16.5. The average Bonchev–Trinajstić information content (AvgIpc) is 2.96. The lowest BCUT2D eigenvalue weighted by Gasteiger charge is -2.12. The summed E-state index contributed by atoms with van der Waals surface area (Å²) >= 11 is 0. The van der Waals surface area contributed by atoms with Crippen molar-refractivity contribution in [3.05, 3.63) is 0 Å². The van der Waals surface area contributed by atoms with E-state index in [1.165, 1.54) is 38.6 Å². The van der Waals surface area contributed by atoms with Crippen molar-refractivity contribution in [3.63, 3.8) is 0 Å². The Morgan fingerprint density at radius 2 is 2.00 bits per heavy atom. The summed E-state index contributed by atoms with van der Waals surface area (Å²) in [5.74, 6) is 1.58. The van der Waals surface area contributed by atoms with Gasteiger partial charge in [0.25, 0.3) is 0 Å². The zero-order valence-corrected chi connectivity index (χ0v) is 10.2. The molecule has 2 rings (SSSR count). The lowest BCUT2D eigenvalue weighted by molar-refractivity contribution is 0.0910. The second-order valence-electron chi connectivity index (χ2n) is 5.16. The van der Waals surface area contributed by atoms with Crippen LogP contribution in [0.2, 0.25) is 0 Å². The van der Waals surface area contributed by atoms with Gasteiger partial charge in [0.05, 0.1) is 19.8 Å². The molecule has 0 aromatic rings. The van der Waals surface area contributed by atoms with Crippen LogP contribution in [0, 0.1) is 11.8 Å². The van der Waals surface area contributed by atoms with Gasteiger partial charge in [-0.2, -0.15) is 0 Å². The molecule has 0 aromatic carbocycles. The van der Waals surface area contributed by atoms with Crippen molar-refractivity contribution in [2.45, 2.75) is 32.1 Å². The molecule has 94 valence electrons. The van der Waals surface area contributed by atoms with Gasteiger partial charge >= 0.3 is 0 Å². The van der Waals surface area contributed by atoms with Crippen molar-refractivity contribution in [2.24, 2.45) is 11.8 Å². The Kier molecular flexibility index (Phi) is 5.59. The number of hydrogen-bond acceptors (Lipinski definition) is 3. The van der Waals surface area contributed by atoms with Crippen molar-refractivity contribution in [1.29, 1.82) is 0 Å². The highest BCUT2D eigenvalue weighted by molar-refractivity contribution is 4.69. The van der Waals surface area contributed by atoms with Crippen LogP contribution in [0.5, 0.6) is 0 Å². The lowest BCUT2D eigenvalue weighted by Crippen LogP contribution is -2.26. The van der Waals surface area contributed by atoms with Crippen LogP contribution in [0.3, 0.4) is 0 Å². The maximum absolute atomic E-state index is 5.64. The zero-order chi connectivity index (χ0) is 11.1. The number of hydrogen-bond donors (Lipinski definition) is 1. The van der Waals surface area contributed by atoms with Crippen LogP contribution < -0.4 is 5.32 Å². The zero-order valence-electron chi connectivity index (χ0n) is 10.2. The Bertz CT molecular complexity index is 155. The molecule has 0 spiro atoms. The SMILES string of the molecule is C1CCC(CNCCOCC2CCOC2)C1. The summed E-state index contributed by atoms with van der Waals surface area (Å²) in [6.07, 6.45) is 6.89. The van der Waals surface area contributed by atoms with Crippen molar-refractivity contribution in [1.82, 2.24) is 5.32 Å². The van der Waals surface area contributed by atoms with E-state index in [9.17, 15) is 0 Å². The predicted molar refractivity (Wildman–Crippen MR) is 64.6 cm³/mol. The highest BCUT2D eigenvalue weighted by Gasteiger charge is 2.15. The molecule has 3 nitrogen and oxygen atoms in total. The first-order valence-electron chi connectivity index (χ1n) is 6.81. The molecule has 3 heteroatoms. The third kappa shape index (κ3) is 4.40. The van der Waals surface area contributed by atoms with Gasteiger partial charge in [-0.3, -0.25) is 0 Å². The van der Waals surface area contributed by atoms with Crippen molar-refractivity contribution in [3.8, 4) is 0 Å². The van der Waals surface area contributed by atoms with Crippen LogP contribution in [0.25, 0.3) is 0 Å². The first kappa shape index (κ1) is 12.3. The molecule has 0 aromatic heterocycles. The van der Waals surface area contributed by atoms with Gasteiger partial charge in [-0.05, 0) is 31.7 Å². The molecule has 0 bridgehead atoms. The Balaban J connectivity index is 1.37. The summed E-state index contributed by atoms with van der Waals surface area (Å²) in [5.41, 5.74) is 0. The van der Waals surface area contributed by atoms with Crippen LogP contribution >= 0.6 is 0 Å². The molecule has 1 aliphatic carbocycles. The molecule has 1 aliphatic heterocycles. The van der Waals surface area contributed by atoms with Crippen molar-refractivity contribution in [2.75, 3.05) is 39.5 Å². The second-order valence-corrected chi connectivity index (χ2v) is 5.16. The molecule has 1 saturated carbocycles. The minimum atomic E-state index is 0.648. The number of rotatable bonds is 7. The van der Waals surface area contributed by atoms with E-state index in [2.05, 4.69) is 5.32 Å². The summed E-state index contributed by atoms with van der Waals surface area (Å²) in [5, 5.41) is 3.50. The number of nitrogens with one attached hydrogen (secondary N) is 1. The fourth-order valence-corrected chi connectivity index (χ4v) is 2.63. The molecule has 1 heterocycles. The third-order valence-corrected chi connectivity index (χ3v) is 3.71. The summed E-state index contributed by atoms with van der Waals surface area (Å²) in [4.78, 5) is 0. The fraction of sp³-hybridized carbons (Fsp3) is 1.00. The van der Waals surface area contributed by atoms with E-state index in [-0.39, 0.29) is 0 Å². The summed E-state index contributed by atoms with van der Waals surface area (Å²) in [7, 11) is 0. The second kappa shape index (κ2) is 7.25. The Hall–Kier alpha value is -0.120. The Morgan fingerprint density at radius 1 is 1.12 bits per heavy atom. The monoisotopic (exact) mass is 227 g/mol. The van der Waals surface area contributed by atoms with Gasteiger partial charge in [0.15, 0.2) is 0 Å². The van der Waals surface area contributed by atoms with Crippen LogP contribution in [-0.4, -0.2) is 39.5 Å². The smallest absolute Gasteiger partial charge is 0.0591 e. The van der Waals surface area contributed by atoms with Crippen molar-refractivity contribution < 1.29 is 9.47 Å². The largest absolute Gasteiger partial charge is 0.381 e. The number of ether oxygens (including phenoxy) is 2. The van der Waals surface area contributed by atoms with Gasteiger partial charge in [0, 0.05) is 19.1 Å². The Morgan fingerprint density at radius 3 is 2.75 bits per heavy atom. The minimum Gasteiger partial charge on any atom is -0.381 e. The van der Waals surface area contributed by atoms with E-state index in [0.717, 1.165) is 38.9 Å². The average molecular weight is 227 g/mol. The quantitative estimate of drug-likeness (QED) is 0.673. The molecule has 16 heavy (non-hydrogen) atoms. The third-order valence-electron chi connectivity index (χ3n) is 3.71. The molecule has 1 N–H and O–H groups in total. The first-order chi connectivity index (χ1) is 7.95. The van der Waals surface area contributed by atoms with E-state index in [4.69, 9.17) is 9.47 Å². The van der Waals surface area contributed by atoms with Gasteiger partial charge in [0.1, 0.15) is 0 Å². The van der Waals surface area contributed by atoms with E-state index in [1.807, 2.05) is 0 Å². The van der Waals surface area contributed by atoms with Gasteiger partial charge in [-0.15, -0.1) is 0 Å². The summed E-state index contributed by atoms with van der Waals surface area (Å²) < 4.78 is 10.9. The molecule has 2 fully saturated rings. The molecule has 1 saturated heterocycles. The van der Waals surface area contributed by atoms with E-state index in [0.29, 0.717) is 5.92 Å². The molecule has 1 unspecified atom stereocenters. The molecular weight excluding hydrogens is 202 g/mol. The molecule has 2 aliphatic rings. The van der Waals surface area contributed by atoms with Gasteiger partial charge in [-0.25, -0.2) is 0 Å². The van der Waals surface area contributed by atoms with Crippen LogP contribution in [0.4, 0.5) is 0 Å².